The number of fused-ring (bicyclic) bond motifs is 1. The molecule has 3 N–H and O–H groups in total. The second-order valence-corrected chi connectivity index (χ2v) is 4.88. The van der Waals surface area contributed by atoms with E-state index >= 15 is 0 Å². The third kappa shape index (κ3) is 2.52. The minimum absolute atomic E-state index is 0. The van der Waals surface area contributed by atoms with E-state index in [1.54, 1.807) is 29.1 Å². The lowest BCUT2D eigenvalue weighted by Crippen LogP contribution is -2.01. The van der Waals surface area contributed by atoms with Crippen molar-refractivity contribution in [3.8, 4) is 16.9 Å². The number of nitrogen functional groups attached to an aromatic ring is 1. The molecule has 0 spiro atoms. The van der Waals surface area contributed by atoms with Crippen LogP contribution in [0.3, 0.4) is 0 Å². The van der Waals surface area contributed by atoms with Crippen molar-refractivity contribution in [1.29, 1.82) is 0 Å². The zero-order valence-corrected chi connectivity index (χ0v) is 11.4. The van der Waals surface area contributed by atoms with Crippen LogP contribution in [0.5, 0.6) is 0 Å². The van der Waals surface area contributed by atoms with Gasteiger partial charge in [-0.2, -0.15) is 5.10 Å². The zero-order valence-electron chi connectivity index (χ0n) is 11.4. The number of aromatic amines is 1. The third-order valence-corrected chi connectivity index (χ3v) is 3.44. The molecular formula is C16H15FN6. The first-order valence-electron chi connectivity index (χ1n) is 6.62. The normalized spacial score (nSPS) is 10.7. The molecule has 0 aliphatic heterocycles. The Balaban J connectivity index is 0.00000156. The lowest BCUT2D eigenvalue weighted by molar-refractivity contribution is 0.629. The maximum Gasteiger partial charge on any atom is 0.175 e. The average Bonchev–Trinajstić information content (AvgIpc) is 3.13. The monoisotopic (exact) mass is 310 g/mol. The van der Waals surface area contributed by atoms with Crippen LogP contribution in [-0.4, -0.2) is 25.0 Å². The molecule has 0 unspecified atom stereocenters. The number of rotatable bonds is 2. The maximum atomic E-state index is 13.2. The summed E-state index contributed by atoms with van der Waals surface area (Å²) in [4.78, 5) is 3.06. The van der Waals surface area contributed by atoms with Gasteiger partial charge >= 0.3 is 0 Å². The van der Waals surface area contributed by atoms with Gasteiger partial charge in [-0.05, 0) is 30.3 Å². The molecule has 0 saturated carbocycles. The summed E-state index contributed by atoms with van der Waals surface area (Å²) in [6, 6.07) is 8.06. The molecule has 7 heteroatoms. The maximum absolute atomic E-state index is 13.2. The number of H-pyrrole nitrogens is 1. The predicted octanol–water partition coefficient (Wildman–Crippen LogP) is 3.17. The highest BCUT2D eigenvalue weighted by Crippen LogP contribution is 2.29. The minimum atomic E-state index is -0.270. The van der Waals surface area contributed by atoms with Gasteiger partial charge in [0.2, 0.25) is 0 Å². The molecule has 6 nitrogen and oxygen atoms in total. The third-order valence-electron chi connectivity index (χ3n) is 3.44. The number of nitrogens with two attached hydrogens (primary N) is 1. The highest BCUT2D eigenvalue weighted by molar-refractivity contribution is 5.95. The molecule has 116 valence electrons. The number of benzene rings is 1. The van der Waals surface area contributed by atoms with Crippen LogP contribution in [0.2, 0.25) is 0 Å². The van der Waals surface area contributed by atoms with Crippen LogP contribution in [0.25, 0.3) is 27.8 Å². The SMILES string of the molecule is C.Nc1ccc(-n2cc(-c3c[nH]c4cc(F)ccc34)cn2)nn1. The molecule has 1 aromatic carbocycles. The van der Waals surface area contributed by atoms with Crippen LogP contribution in [0.1, 0.15) is 7.43 Å². The van der Waals surface area contributed by atoms with Gasteiger partial charge < -0.3 is 10.7 Å². The van der Waals surface area contributed by atoms with E-state index in [0.29, 0.717) is 11.6 Å². The van der Waals surface area contributed by atoms with E-state index in [1.807, 2.05) is 12.4 Å². The van der Waals surface area contributed by atoms with Crippen molar-refractivity contribution in [2.75, 3.05) is 5.73 Å². The summed E-state index contributed by atoms with van der Waals surface area (Å²) < 4.78 is 14.9. The van der Waals surface area contributed by atoms with Gasteiger partial charge in [0.25, 0.3) is 0 Å². The molecule has 0 aliphatic carbocycles. The van der Waals surface area contributed by atoms with Gasteiger partial charge in [0.15, 0.2) is 5.82 Å². The Morgan fingerprint density at radius 2 is 2.00 bits per heavy atom. The molecule has 0 saturated heterocycles. The lowest BCUT2D eigenvalue weighted by atomic mass is 10.1. The molecular weight excluding hydrogens is 295 g/mol. The summed E-state index contributed by atoms with van der Waals surface area (Å²) in [6.07, 6.45) is 5.40. The van der Waals surface area contributed by atoms with Gasteiger partial charge in [-0.15, -0.1) is 10.2 Å². The lowest BCUT2D eigenvalue weighted by Gasteiger charge is -1.98. The molecule has 4 rings (SSSR count). The largest absolute Gasteiger partial charge is 0.382 e. The van der Waals surface area contributed by atoms with Crippen LogP contribution < -0.4 is 5.73 Å². The van der Waals surface area contributed by atoms with E-state index in [4.69, 9.17) is 5.73 Å². The number of nitrogens with zero attached hydrogens (tertiary/aromatic N) is 4. The summed E-state index contributed by atoms with van der Waals surface area (Å²) in [6.45, 7) is 0. The van der Waals surface area contributed by atoms with E-state index in [1.165, 1.54) is 12.1 Å². The van der Waals surface area contributed by atoms with Crippen LogP contribution in [0, 0.1) is 5.82 Å². The Morgan fingerprint density at radius 3 is 2.78 bits per heavy atom. The first-order chi connectivity index (χ1) is 10.7. The van der Waals surface area contributed by atoms with Gasteiger partial charge in [0.1, 0.15) is 11.6 Å². The Hall–Kier alpha value is -3.22. The Bertz CT molecular complexity index is 954. The highest BCUT2D eigenvalue weighted by Gasteiger charge is 2.10. The minimum Gasteiger partial charge on any atom is -0.382 e. The van der Waals surface area contributed by atoms with Crippen molar-refractivity contribution in [3.63, 3.8) is 0 Å². The topological polar surface area (TPSA) is 85.4 Å². The fraction of sp³-hybridized carbons (Fsp3) is 0.0625. The Morgan fingerprint density at radius 1 is 1.13 bits per heavy atom. The van der Waals surface area contributed by atoms with Crippen molar-refractivity contribution in [1.82, 2.24) is 25.0 Å². The van der Waals surface area contributed by atoms with Crippen molar-refractivity contribution < 1.29 is 4.39 Å². The van der Waals surface area contributed by atoms with E-state index in [2.05, 4.69) is 20.3 Å². The Kier molecular flexibility index (Phi) is 3.53. The number of hydrogen-bond donors (Lipinski definition) is 2. The first-order valence-corrected chi connectivity index (χ1v) is 6.62. The summed E-state index contributed by atoms with van der Waals surface area (Å²) in [7, 11) is 0. The zero-order chi connectivity index (χ0) is 15.1. The van der Waals surface area contributed by atoms with Gasteiger partial charge in [-0.1, -0.05) is 7.43 Å². The summed E-state index contributed by atoms with van der Waals surface area (Å²) in [5, 5.41) is 13.0. The summed E-state index contributed by atoms with van der Waals surface area (Å²) >= 11 is 0. The smallest absolute Gasteiger partial charge is 0.175 e. The fourth-order valence-corrected chi connectivity index (χ4v) is 2.38. The number of halogens is 1. The van der Waals surface area contributed by atoms with Crippen LogP contribution in [0.4, 0.5) is 10.2 Å². The number of nitrogens with one attached hydrogen (secondary N) is 1. The van der Waals surface area contributed by atoms with Gasteiger partial charge in [-0.3, -0.25) is 0 Å². The summed E-state index contributed by atoms with van der Waals surface area (Å²) in [5.41, 5.74) is 8.12. The quantitative estimate of drug-likeness (QED) is 0.595. The van der Waals surface area contributed by atoms with Gasteiger partial charge in [-0.25, -0.2) is 9.07 Å². The van der Waals surface area contributed by atoms with E-state index in [9.17, 15) is 4.39 Å². The molecule has 23 heavy (non-hydrogen) atoms. The van der Waals surface area contributed by atoms with Crippen molar-refractivity contribution in [3.05, 3.63) is 54.7 Å². The van der Waals surface area contributed by atoms with E-state index in [0.717, 1.165) is 22.0 Å². The second kappa shape index (κ2) is 5.53. The number of anilines is 1. The van der Waals surface area contributed by atoms with Crippen LogP contribution >= 0.6 is 0 Å². The Labute approximate surface area is 131 Å². The molecule has 0 aliphatic rings. The molecule has 3 heterocycles. The van der Waals surface area contributed by atoms with Crippen molar-refractivity contribution in [2.45, 2.75) is 7.43 Å². The van der Waals surface area contributed by atoms with Crippen LogP contribution in [0.15, 0.2) is 48.9 Å². The molecule has 4 aromatic rings. The first kappa shape index (κ1) is 14.7. The molecule has 0 atom stereocenters. The van der Waals surface area contributed by atoms with E-state index < -0.39 is 0 Å². The van der Waals surface area contributed by atoms with Crippen molar-refractivity contribution >= 4 is 16.7 Å². The molecule has 0 amide bonds. The second-order valence-electron chi connectivity index (χ2n) is 4.88. The fourth-order valence-electron chi connectivity index (χ4n) is 2.38. The van der Waals surface area contributed by atoms with Gasteiger partial charge in [0.05, 0.1) is 6.20 Å². The molecule has 0 bridgehead atoms. The van der Waals surface area contributed by atoms with Crippen molar-refractivity contribution in [2.24, 2.45) is 0 Å². The number of hydrogen-bond acceptors (Lipinski definition) is 4. The standard InChI is InChI=1S/C15H11FN6.CH4/c16-10-1-2-11-12(7-18-13(11)5-10)9-6-19-22(8-9)15-4-3-14(17)20-21-15;/h1-8,18H,(H2,17,20);1H4. The van der Waals surface area contributed by atoms with Crippen LogP contribution in [-0.2, 0) is 0 Å². The molecule has 0 radical (unpaired) electrons. The molecule has 0 fully saturated rings. The van der Waals surface area contributed by atoms with Gasteiger partial charge in [0, 0.05) is 34.4 Å². The van der Waals surface area contributed by atoms with E-state index in [-0.39, 0.29) is 13.2 Å². The number of aromatic nitrogens is 5. The molecule has 3 aromatic heterocycles. The highest BCUT2D eigenvalue weighted by atomic mass is 19.1. The predicted molar refractivity (Wildman–Crippen MR) is 87.5 cm³/mol. The average molecular weight is 310 g/mol. The summed E-state index contributed by atoms with van der Waals surface area (Å²) in [5.74, 6) is 0.662.